The first-order chi connectivity index (χ1) is 33.6. The van der Waals surface area contributed by atoms with Gasteiger partial charge in [0, 0.05) is 13.0 Å². The molecule has 13 heteroatoms. The Morgan fingerprint density at radius 1 is 0.536 bits per heavy atom. The molecule has 6 unspecified atom stereocenters. The van der Waals surface area contributed by atoms with Crippen LogP contribution >= 0.6 is 0 Å². The molecule has 1 heterocycles. The zero-order valence-electron chi connectivity index (χ0n) is 44.4. The summed E-state index contributed by atoms with van der Waals surface area (Å²) >= 11 is 0. The Morgan fingerprint density at radius 3 is 1.30 bits per heavy atom. The number of hydrogen-bond donors (Lipinski definition) is 4. The molecule has 0 aromatic carbocycles. The van der Waals surface area contributed by atoms with Crippen LogP contribution in [0.1, 0.15) is 277 Å². The molecule has 1 saturated heterocycles. The first-order valence-corrected chi connectivity index (χ1v) is 30.3. The summed E-state index contributed by atoms with van der Waals surface area (Å²) in [4.78, 5) is 13.0. The highest BCUT2D eigenvalue weighted by atomic mass is 32.3. The molecule has 1 aliphatic heterocycles. The van der Waals surface area contributed by atoms with E-state index in [-0.39, 0.29) is 19.6 Å². The Morgan fingerprint density at radius 2 is 0.913 bits per heavy atom. The van der Waals surface area contributed by atoms with Gasteiger partial charge in [-0.2, -0.15) is 8.42 Å². The Hall–Kier alpha value is -1.16. The molecule has 69 heavy (non-hydrogen) atoms. The zero-order chi connectivity index (χ0) is 50.3. The minimum absolute atomic E-state index is 0.0401. The lowest BCUT2D eigenvalue weighted by molar-refractivity contribution is -0.301. The van der Waals surface area contributed by atoms with E-state index in [0.29, 0.717) is 13.0 Å². The van der Waals surface area contributed by atoms with Gasteiger partial charge in [-0.05, 0) is 38.5 Å². The molecule has 1 aliphatic rings. The fourth-order valence-corrected chi connectivity index (χ4v) is 9.77. The Bertz CT molecular complexity index is 1250. The summed E-state index contributed by atoms with van der Waals surface area (Å²) in [6.07, 6.45) is 46.8. The first-order valence-electron chi connectivity index (χ1n) is 28.9. The lowest BCUT2D eigenvalue weighted by Crippen LogP contribution is -2.60. The second kappa shape index (κ2) is 47.8. The Balaban J connectivity index is 2.27. The van der Waals surface area contributed by atoms with Crippen LogP contribution in [0, 0.1) is 0 Å². The molecule has 0 aromatic rings. The van der Waals surface area contributed by atoms with Crippen LogP contribution in [0.5, 0.6) is 0 Å². The molecule has 1 rings (SSSR count). The summed E-state index contributed by atoms with van der Waals surface area (Å²) in [7, 11) is -5.06. The van der Waals surface area contributed by atoms with Gasteiger partial charge in [-0.1, -0.05) is 244 Å². The third-order valence-electron chi connectivity index (χ3n) is 13.6. The van der Waals surface area contributed by atoms with Gasteiger partial charge < -0.3 is 34.3 Å². The van der Waals surface area contributed by atoms with Crippen molar-refractivity contribution in [1.82, 2.24) is 0 Å². The topological polar surface area (TPSA) is 178 Å². The van der Waals surface area contributed by atoms with Crippen molar-refractivity contribution in [3.63, 3.8) is 0 Å². The molecule has 410 valence electrons. The van der Waals surface area contributed by atoms with Crippen molar-refractivity contribution < 1.29 is 56.2 Å². The molecule has 0 aromatic heterocycles. The molecule has 0 spiro atoms. The molecule has 4 N–H and O–H groups in total. The van der Waals surface area contributed by atoms with E-state index >= 15 is 0 Å². The standard InChI is InChI=1S/C56H108O12S/c1-3-5-7-9-11-13-15-17-19-21-23-24-25-26-27-28-29-31-33-35-37-39-41-43-45-52(58)66-50(49-65-56-54(60)55(68-69(61,62)63)53(59)51(47-57)67-56)48-64-46-44-42-40-38-36-34-32-30-22-20-18-16-14-12-10-8-6-4-2/h18,20,50-51,53-57,59-60H,3-17,19,21-49H2,1-2H3,(H,61,62,63)/b20-18-. The molecule has 0 amide bonds. The van der Waals surface area contributed by atoms with Gasteiger partial charge in [-0.25, -0.2) is 4.18 Å². The van der Waals surface area contributed by atoms with Crippen LogP contribution in [0.3, 0.4) is 0 Å². The summed E-state index contributed by atoms with van der Waals surface area (Å²) in [6.45, 7) is 4.05. The molecule has 6 atom stereocenters. The van der Waals surface area contributed by atoms with Gasteiger partial charge in [-0.3, -0.25) is 9.35 Å². The molecular formula is C56H108O12S. The van der Waals surface area contributed by atoms with Gasteiger partial charge in [0.05, 0.1) is 19.8 Å². The minimum atomic E-state index is -5.06. The minimum Gasteiger partial charge on any atom is -0.457 e. The highest BCUT2D eigenvalue weighted by molar-refractivity contribution is 7.80. The van der Waals surface area contributed by atoms with Crippen molar-refractivity contribution in [3.05, 3.63) is 12.2 Å². The van der Waals surface area contributed by atoms with Crippen molar-refractivity contribution in [2.75, 3.05) is 26.4 Å². The first kappa shape index (κ1) is 65.9. The third-order valence-corrected chi connectivity index (χ3v) is 14.1. The average molecular weight is 1010 g/mol. The van der Waals surface area contributed by atoms with E-state index in [4.69, 9.17) is 18.9 Å². The molecule has 0 aliphatic carbocycles. The van der Waals surface area contributed by atoms with Crippen LogP contribution in [-0.4, -0.2) is 97.5 Å². The van der Waals surface area contributed by atoms with Crippen molar-refractivity contribution in [3.8, 4) is 0 Å². The number of ether oxygens (including phenoxy) is 4. The normalized spacial score (nSPS) is 19.2. The van der Waals surface area contributed by atoms with Crippen molar-refractivity contribution >= 4 is 16.4 Å². The number of esters is 1. The summed E-state index contributed by atoms with van der Waals surface area (Å²) < 4.78 is 59.4. The monoisotopic (exact) mass is 1000 g/mol. The lowest BCUT2D eigenvalue weighted by Gasteiger charge is -2.41. The van der Waals surface area contributed by atoms with Crippen LogP contribution in [0.4, 0.5) is 0 Å². The van der Waals surface area contributed by atoms with Gasteiger partial charge in [-0.15, -0.1) is 0 Å². The molecule has 1 fully saturated rings. The van der Waals surface area contributed by atoms with Gasteiger partial charge >= 0.3 is 16.4 Å². The smallest absolute Gasteiger partial charge is 0.397 e. The highest BCUT2D eigenvalue weighted by Crippen LogP contribution is 2.26. The maximum absolute atomic E-state index is 13.0. The summed E-state index contributed by atoms with van der Waals surface area (Å²) in [5, 5.41) is 30.8. The van der Waals surface area contributed by atoms with E-state index in [9.17, 15) is 33.1 Å². The molecule has 0 radical (unpaired) electrons. The number of carbonyl (C=O) groups is 1. The van der Waals surface area contributed by atoms with Crippen LogP contribution in [0.2, 0.25) is 0 Å². The van der Waals surface area contributed by atoms with Gasteiger partial charge in [0.1, 0.15) is 30.5 Å². The maximum Gasteiger partial charge on any atom is 0.397 e. The SMILES string of the molecule is CCCCCCCC/C=C\CCCCCCCCCCOCC(COC1OC(CO)C(O)C(OS(=O)(=O)O)C1O)OC(=O)CCCCCCCCCCCCCCCCCCCCCCCCCC. The molecule has 12 nitrogen and oxygen atoms in total. The third kappa shape index (κ3) is 40.9. The van der Waals surface area contributed by atoms with E-state index in [1.54, 1.807) is 0 Å². The van der Waals surface area contributed by atoms with Gasteiger partial charge in [0.2, 0.25) is 0 Å². The number of hydrogen-bond acceptors (Lipinski definition) is 11. The number of allylic oxidation sites excluding steroid dienone is 2. The van der Waals surface area contributed by atoms with E-state index < -0.39 is 59.8 Å². The van der Waals surface area contributed by atoms with Crippen LogP contribution in [0.25, 0.3) is 0 Å². The number of rotatable bonds is 52. The Labute approximate surface area is 423 Å². The van der Waals surface area contributed by atoms with E-state index in [1.165, 1.54) is 212 Å². The Kier molecular flexibility index (Phi) is 45.6. The van der Waals surface area contributed by atoms with Crippen molar-refractivity contribution in [2.24, 2.45) is 0 Å². The average Bonchev–Trinajstić information content (AvgIpc) is 3.32. The molecule has 0 bridgehead atoms. The molecular weight excluding hydrogens is 897 g/mol. The number of aliphatic hydroxyl groups is 3. The van der Waals surface area contributed by atoms with Crippen molar-refractivity contribution in [2.45, 2.75) is 314 Å². The van der Waals surface area contributed by atoms with Crippen molar-refractivity contribution in [1.29, 1.82) is 0 Å². The van der Waals surface area contributed by atoms with E-state index in [2.05, 4.69) is 30.2 Å². The predicted octanol–water partition coefficient (Wildman–Crippen LogP) is 14.1. The highest BCUT2D eigenvalue weighted by Gasteiger charge is 2.48. The van der Waals surface area contributed by atoms with E-state index in [1.807, 2.05) is 0 Å². The fraction of sp³-hybridized carbons (Fsp3) is 0.946. The quantitative estimate of drug-likeness (QED) is 0.0196. The molecule has 0 saturated carbocycles. The van der Waals surface area contributed by atoms with Crippen LogP contribution in [-0.2, 0) is 38.3 Å². The number of carbonyl (C=O) groups excluding carboxylic acids is 1. The summed E-state index contributed by atoms with van der Waals surface area (Å²) in [6, 6.07) is 0. The summed E-state index contributed by atoms with van der Waals surface area (Å²) in [5.74, 6) is -0.392. The van der Waals surface area contributed by atoms with E-state index in [0.717, 1.165) is 38.5 Å². The predicted molar refractivity (Wildman–Crippen MR) is 281 cm³/mol. The number of unbranched alkanes of at least 4 members (excludes halogenated alkanes) is 37. The second-order valence-electron chi connectivity index (χ2n) is 20.2. The zero-order valence-corrected chi connectivity index (χ0v) is 45.2. The summed E-state index contributed by atoms with van der Waals surface area (Å²) in [5.41, 5.74) is 0. The van der Waals surface area contributed by atoms with Gasteiger partial charge in [0.15, 0.2) is 6.29 Å². The second-order valence-corrected chi connectivity index (χ2v) is 21.3. The lowest BCUT2D eigenvalue weighted by atomic mass is 9.99. The maximum atomic E-state index is 13.0. The number of aliphatic hydroxyl groups excluding tert-OH is 3. The largest absolute Gasteiger partial charge is 0.457 e. The van der Waals surface area contributed by atoms with Gasteiger partial charge in [0.25, 0.3) is 0 Å². The van der Waals surface area contributed by atoms with Crippen LogP contribution < -0.4 is 0 Å². The fourth-order valence-electron chi connectivity index (χ4n) is 9.26. The van der Waals surface area contributed by atoms with Crippen LogP contribution in [0.15, 0.2) is 12.2 Å².